The highest BCUT2D eigenvalue weighted by molar-refractivity contribution is 9.08. The molecular formula is C14H10BrF2NO4. The first kappa shape index (κ1) is 16.3. The lowest BCUT2D eigenvalue weighted by atomic mass is 10.1. The van der Waals surface area contributed by atoms with E-state index in [9.17, 15) is 24.0 Å². The number of alkyl halides is 1. The monoisotopic (exact) mass is 373 g/mol. The Morgan fingerprint density at radius 3 is 2.45 bits per heavy atom. The van der Waals surface area contributed by atoms with Crippen LogP contribution in [0.3, 0.4) is 0 Å². The molecule has 5 nitrogen and oxygen atoms in total. The number of aliphatic hydroxyl groups excluding tert-OH is 1. The number of nitro benzene ring substituents is 1. The number of aliphatic hydroxyl groups is 1. The van der Waals surface area contributed by atoms with E-state index in [0.717, 1.165) is 12.1 Å². The third-order valence-electron chi connectivity index (χ3n) is 2.91. The summed E-state index contributed by atoms with van der Waals surface area (Å²) in [4.78, 5) is 10.4. The average Bonchev–Trinajstić information content (AvgIpc) is 2.49. The molecule has 0 saturated heterocycles. The highest BCUT2D eigenvalue weighted by Gasteiger charge is 2.20. The fraction of sp³-hybridized carbons (Fsp3) is 0.143. The maximum Gasteiger partial charge on any atom is 0.311 e. The number of rotatable bonds is 5. The number of hydrogen-bond donors (Lipinski definition) is 1. The fourth-order valence-electron chi connectivity index (χ4n) is 1.83. The van der Waals surface area contributed by atoms with Gasteiger partial charge >= 0.3 is 5.69 Å². The molecule has 116 valence electrons. The molecule has 2 aromatic carbocycles. The normalized spacial score (nSPS) is 10.5. The molecule has 0 radical (unpaired) electrons. The Morgan fingerprint density at radius 1 is 1.18 bits per heavy atom. The molecule has 0 aromatic heterocycles. The molecule has 0 aliphatic heterocycles. The zero-order chi connectivity index (χ0) is 16.3. The number of benzene rings is 2. The maximum atomic E-state index is 13.6. The Balaban J connectivity index is 2.50. The first-order valence-corrected chi connectivity index (χ1v) is 7.18. The Bertz CT molecular complexity index is 724. The Hall–Kier alpha value is -2.06. The van der Waals surface area contributed by atoms with Gasteiger partial charge in [0, 0.05) is 17.5 Å². The lowest BCUT2D eigenvalue weighted by Gasteiger charge is -2.11. The van der Waals surface area contributed by atoms with Gasteiger partial charge in [0.2, 0.25) is 5.75 Å². The summed E-state index contributed by atoms with van der Waals surface area (Å²) in [6.07, 6.45) is 0. The third kappa shape index (κ3) is 3.40. The van der Waals surface area contributed by atoms with E-state index >= 15 is 0 Å². The second-order valence-corrected chi connectivity index (χ2v) is 4.88. The van der Waals surface area contributed by atoms with Crippen molar-refractivity contribution in [2.24, 2.45) is 0 Å². The van der Waals surface area contributed by atoms with Gasteiger partial charge in [-0.2, -0.15) is 0 Å². The predicted molar refractivity (Wildman–Crippen MR) is 78.1 cm³/mol. The van der Waals surface area contributed by atoms with E-state index in [1.807, 2.05) is 0 Å². The van der Waals surface area contributed by atoms with Crippen molar-refractivity contribution in [1.29, 1.82) is 0 Å². The van der Waals surface area contributed by atoms with E-state index in [0.29, 0.717) is 22.5 Å². The molecule has 1 N–H and O–H groups in total. The minimum atomic E-state index is -0.982. The standard InChI is InChI=1S/C14H10BrF2NO4/c15-6-8-3-12(18(20)21)14(4-9(8)7-19)22-13-2-1-10(16)5-11(13)17/h1-5,19H,6-7H2. The van der Waals surface area contributed by atoms with Crippen molar-refractivity contribution in [1.82, 2.24) is 0 Å². The summed E-state index contributed by atoms with van der Waals surface area (Å²) >= 11 is 3.17. The Kier molecular flexibility index (Phi) is 5.04. The fourth-order valence-corrected chi connectivity index (χ4v) is 2.35. The smallest absolute Gasteiger partial charge is 0.311 e. The summed E-state index contributed by atoms with van der Waals surface area (Å²) in [6, 6.07) is 5.12. The maximum absolute atomic E-state index is 13.6. The molecule has 22 heavy (non-hydrogen) atoms. The SMILES string of the molecule is O=[N+]([O-])c1cc(CBr)c(CO)cc1Oc1ccc(F)cc1F. The van der Waals surface area contributed by atoms with Gasteiger partial charge in [0.1, 0.15) is 5.82 Å². The van der Waals surface area contributed by atoms with Gasteiger partial charge in [-0.05, 0) is 29.3 Å². The summed E-state index contributed by atoms with van der Waals surface area (Å²) in [7, 11) is 0. The summed E-state index contributed by atoms with van der Waals surface area (Å²) in [6.45, 7) is -0.360. The largest absolute Gasteiger partial charge is 0.447 e. The van der Waals surface area contributed by atoms with E-state index in [-0.39, 0.29) is 23.8 Å². The lowest BCUT2D eigenvalue weighted by Crippen LogP contribution is -2.00. The Labute approximate surface area is 132 Å². The quantitative estimate of drug-likeness (QED) is 0.487. The van der Waals surface area contributed by atoms with Gasteiger partial charge in [-0.15, -0.1) is 0 Å². The van der Waals surface area contributed by atoms with Gasteiger partial charge in [-0.25, -0.2) is 8.78 Å². The van der Waals surface area contributed by atoms with Crippen molar-refractivity contribution in [3.8, 4) is 11.5 Å². The molecule has 0 aliphatic carbocycles. The van der Waals surface area contributed by atoms with Gasteiger partial charge < -0.3 is 9.84 Å². The molecule has 0 fully saturated rings. The van der Waals surface area contributed by atoms with Crippen LogP contribution in [-0.2, 0) is 11.9 Å². The Morgan fingerprint density at radius 2 is 1.91 bits per heavy atom. The number of hydrogen-bond acceptors (Lipinski definition) is 4. The highest BCUT2D eigenvalue weighted by Crippen LogP contribution is 2.36. The van der Waals surface area contributed by atoms with Gasteiger partial charge in [-0.3, -0.25) is 10.1 Å². The summed E-state index contributed by atoms with van der Waals surface area (Å²) in [5, 5.41) is 20.7. The van der Waals surface area contributed by atoms with Crippen molar-refractivity contribution >= 4 is 21.6 Å². The molecule has 8 heteroatoms. The van der Waals surface area contributed by atoms with Gasteiger partial charge in [0.05, 0.1) is 11.5 Å². The van der Waals surface area contributed by atoms with E-state index in [1.54, 1.807) is 0 Å². The minimum Gasteiger partial charge on any atom is -0.447 e. The first-order chi connectivity index (χ1) is 10.5. The third-order valence-corrected chi connectivity index (χ3v) is 3.51. The van der Waals surface area contributed by atoms with Crippen molar-refractivity contribution in [2.75, 3.05) is 0 Å². The van der Waals surface area contributed by atoms with Gasteiger partial charge in [-0.1, -0.05) is 15.9 Å². The molecule has 0 saturated carbocycles. The van der Waals surface area contributed by atoms with Crippen molar-refractivity contribution in [3.05, 3.63) is 63.2 Å². The van der Waals surface area contributed by atoms with Gasteiger partial charge in [0.25, 0.3) is 0 Å². The molecule has 0 amide bonds. The second-order valence-electron chi connectivity index (χ2n) is 4.31. The van der Waals surface area contributed by atoms with Crippen LogP contribution in [0.2, 0.25) is 0 Å². The van der Waals surface area contributed by atoms with Crippen molar-refractivity contribution in [3.63, 3.8) is 0 Å². The molecule has 2 aromatic rings. The van der Waals surface area contributed by atoms with E-state index in [4.69, 9.17) is 4.74 Å². The minimum absolute atomic E-state index is 0.232. The van der Waals surface area contributed by atoms with Crippen LogP contribution < -0.4 is 4.74 Å². The van der Waals surface area contributed by atoms with Crippen LogP contribution >= 0.6 is 15.9 Å². The summed E-state index contributed by atoms with van der Waals surface area (Å²) in [5.74, 6) is -2.35. The molecule has 2 rings (SSSR count). The number of ether oxygens (including phenoxy) is 1. The molecule has 0 spiro atoms. The van der Waals surface area contributed by atoms with Crippen molar-refractivity contribution < 1.29 is 23.5 Å². The molecule has 0 aliphatic rings. The number of nitrogens with zero attached hydrogens (tertiary/aromatic N) is 1. The van der Waals surface area contributed by atoms with Crippen LogP contribution in [0.25, 0.3) is 0 Å². The van der Waals surface area contributed by atoms with E-state index in [2.05, 4.69) is 15.9 Å². The van der Waals surface area contributed by atoms with Crippen LogP contribution in [0.5, 0.6) is 11.5 Å². The predicted octanol–water partition coefficient (Wildman–Crippen LogP) is 4.05. The molecule has 0 atom stereocenters. The van der Waals surface area contributed by atoms with Crippen LogP contribution in [0, 0.1) is 21.7 Å². The van der Waals surface area contributed by atoms with Crippen molar-refractivity contribution in [2.45, 2.75) is 11.9 Å². The van der Waals surface area contributed by atoms with Crippen LogP contribution in [-0.4, -0.2) is 10.0 Å². The van der Waals surface area contributed by atoms with Crippen LogP contribution in [0.15, 0.2) is 30.3 Å². The zero-order valence-electron chi connectivity index (χ0n) is 11.1. The molecule has 0 unspecified atom stereocenters. The zero-order valence-corrected chi connectivity index (χ0v) is 12.6. The van der Waals surface area contributed by atoms with Crippen LogP contribution in [0.4, 0.5) is 14.5 Å². The topological polar surface area (TPSA) is 72.6 Å². The molecule has 0 heterocycles. The first-order valence-electron chi connectivity index (χ1n) is 6.06. The lowest BCUT2D eigenvalue weighted by molar-refractivity contribution is -0.385. The van der Waals surface area contributed by atoms with Crippen LogP contribution in [0.1, 0.15) is 11.1 Å². The number of halogens is 3. The average molecular weight is 374 g/mol. The molecular weight excluding hydrogens is 364 g/mol. The highest BCUT2D eigenvalue weighted by atomic mass is 79.9. The number of nitro groups is 1. The molecule has 0 bridgehead atoms. The second kappa shape index (κ2) is 6.80. The van der Waals surface area contributed by atoms with Gasteiger partial charge in [0.15, 0.2) is 11.6 Å². The summed E-state index contributed by atoms with van der Waals surface area (Å²) in [5.41, 5.74) is 0.538. The summed E-state index contributed by atoms with van der Waals surface area (Å²) < 4.78 is 31.7. The van der Waals surface area contributed by atoms with E-state index in [1.165, 1.54) is 12.1 Å². The van der Waals surface area contributed by atoms with E-state index < -0.39 is 16.6 Å².